The normalized spacial score (nSPS) is 14.5. The number of carbonyl (C=O) groups excluding carboxylic acids is 1. The van der Waals surface area contributed by atoms with Crippen LogP contribution in [-0.2, 0) is 16.1 Å². The number of hydrogen-bond acceptors (Lipinski definition) is 3. The van der Waals surface area contributed by atoms with Gasteiger partial charge in [-0.1, -0.05) is 12.1 Å². The Kier molecular flexibility index (Phi) is 4.73. The molecule has 98 valence electrons. The molecule has 0 heterocycles. The molecule has 0 saturated heterocycles. The monoisotopic (exact) mass is 248 g/mol. The minimum Gasteiger partial charge on any atom is -0.380 e. The summed E-state index contributed by atoms with van der Waals surface area (Å²) in [5, 5.41) is 6.05. The first-order valence-corrected chi connectivity index (χ1v) is 6.36. The number of rotatable bonds is 7. The molecule has 1 aromatic carbocycles. The average Bonchev–Trinajstić information content (AvgIpc) is 3.14. The van der Waals surface area contributed by atoms with E-state index in [-0.39, 0.29) is 5.91 Å². The lowest BCUT2D eigenvalue weighted by Crippen LogP contribution is -2.29. The van der Waals surface area contributed by atoms with E-state index >= 15 is 0 Å². The van der Waals surface area contributed by atoms with E-state index in [9.17, 15) is 4.79 Å². The molecular formula is C14H20N2O2. The highest BCUT2D eigenvalue weighted by Gasteiger charge is 2.20. The summed E-state index contributed by atoms with van der Waals surface area (Å²) in [6, 6.07) is 7.71. The number of amides is 1. The van der Waals surface area contributed by atoms with E-state index in [4.69, 9.17) is 4.74 Å². The third kappa shape index (κ3) is 4.47. The van der Waals surface area contributed by atoms with Crippen LogP contribution in [0.1, 0.15) is 18.4 Å². The quantitative estimate of drug-likeness (QED) is 0.773. The van der Waals surface area contributed by atoms with Crippen molar-refractivity contribution in [3.63, 3.8) is 0 Å². The molecule has 1 aliphatic rings. The highest BCUT2D eigenvalue weighted by Crippen LogP contribution is 2.27. The summed E-state index contributed by atoms with van der Waals surface area (Å²) in [5.74, 6) is 0.799. The zero-order chi connectivity index (χ0) is 12.8. The largest absolute Gasteiger partial charge is 0.380 e. The summed E-state index contributed by atoms with van der Waals surface area (Å²) < 4.78 is 5.06. The molecule has 1 fully saturated rings. The number of nitrogens with one attached hydrogen (secondary N) is 2. The molecule has 18 heavy (non-hydrogen) atoms. The SMILES string of the molecule is COCc1cccc(NC(=O)CNCC2CC2)c1. The van der Waals surface area contributed by atoms with E-state index in [1.54, 1.807) is 7.11 Å². The van der Waals surface area contributed by atoms with Crippen LogP contribution < -0.4 is 10.6 Å². The van der Waals surface area contributed by atoms with Gasteiger partial charge in [0.15, 0.2) is 0 Å². The predicted molar refractivity (Wildman–Crippen MR) is 71.4 cm³/mol. The summed E-state index contributed by atoms with van der Waals surface area (Å²) in [7, 11) is 1.66. The van der Waals surface area contributed by atoms with Crippen molar-refractivity contribution in [1.82, 2.24) is 5.32 Å². The van der Waals surface area contributed by atoms with E-state index in [0.717, 1.165) is 23.7 Å². The van der Waals surface area contributed by atoms with Crippen molar-refractivity contribution < 1.29 is 9.53 Å². The standard InChI is InChI=1S/C14H20N2O2/c1-18-10-12-3-2-4-13(7-12)16-14(17)9-15-8-11-5-6-11/h2-4,7,11,15H,5-6,8-10H2,1H3,(H,16,17). The Morgan fingerprint density at radius 2 is 2.28 bits per heavy atom. The number of carbonyl (C=O) groups is 1. The topological polar surface area (TPSA) is 50.4 Å². The van der Waals surface area contributed by atoms with Crippen LogP contribution in [0, 0.1) is 5.92 Å². The second-order valence-electron chi connectivity index (χ2n) is 4.76. The Labute approximate surface area is 108 Å². The summed E-state index contributed by atoms with van der Waals surface area (Å²) in [6.07, 6.45) is 2.60. The fraction of sp³-hybridized carbons (Fsp3) is 0.500. The van der Waals surface area contributed by atoms with Gasteiger partial charge in [0.2, 0.25) is 5.91 Å². The van der Waals surface area contributed by atoms with Crippen LogP contribution in [0.3, 0.4) is 0 Å². The molecule has 0 aromatic heterocycles. The molecule has 0 atom stereocenters. The lowest BCUT2D eigenvalue weighted by atomic mass is 10.2. The van der Waals surface area contributed by atoms with Gasteiger partial charge in [0.25, 0.3) is 0 Å². The molecule has 1 amide bonds. The van der Waals surface area contributed by atoms with Crippen LogP contribution in [0.15, 0.2) is 24.3 Å². The smallest absolute Gasteiger partial charge is 0.238 e. The fourth-order valence-electron chi connectivity index (χ4n) is 1.82. The molecule has 1 aromatic rings. The summed E-state index contributed by atoms with van der Waals surface area (Å²) in [5.41, 5.74) is 1.88. The van der Waals surface area contributed by atoms with Gasteiger partial charge in [-0.05, 0) is 43.0 Å². The van der Waals surface area contributed by atoms with Crippen molar-refractivity contribution in [2.24, 2.45) is 5.92 Å². The van der Waals surface area contributed by atoms with Gasteiger partial charge in [0.05, 0.1) is 13.2 Å². The van der Waals surface area contributed by atoms with Gasteiger partial charge in [0, 0.05) is 12.8 Å². The summed E-state index contributed by atoms with van der Waals surface area (Å²) >= 11 is 0. The Hall–Kier alpha value is -1.39. The summed E-state index contributed by atoms with van der Waals surface area (Å²) in [4.78, 5) is 11.7. The number of anilines is 1. The number of methoxy groups -OCH3 is 1. The second kappa shape index (κ2) is 6.52. The maximum absolute atomic E-state index is 11.7. The first-order chi connectivity index (χ1) is 8.78. The van der Waals surface area contributed by atoms with Gasteiger partial charge in [0.1, 0.15) is 0 Å². The van der Waals surface area contributed by atoms with Gasteiger partial charge in [-0.15, -0.1) is 0 Å². The molecule has 1 aliphatic carbocycles. The molecular weight excluding hydrogens is 228 g/mol. The maximum atomic E-state index is 11.7. The molecule has 0 aliphatic heterocycles. The van der Waals surface area contributed by atoms with E-state index in [1.165, 1.54) is 12.8 Å². The third-order valence-corrected chi connectivity index (χ3v) is 2.94. The zero-order valence-corrected chi connectivity index (χ0v) is 10.7. The molecule has 1 saturated carbocycles. The van der Waals surface area contributed by atoms with Crippen molar-refractivity contribution in [2.45, 2.75) is 19.4 Å². The molecule has 0 spiro atoms. The molecule has 4 heteroatoms. The lowest BCUT2D eigenvalue weighted by Gasteiger charge is -2.08. The summed E-state index contributed by atoms with van der Waals surface area (Å²) in [6.45, 7) is 1.89. The molecule has 0 bridgehead atoms. The first-order valence-electron chi connectivity index (χ1n) is 6.36. The van der Waals surface area contributed by atoms with Crippen LogP contribution in [0.25, 0.3) is 0 Å². The second-order valence-corrected chi connectivity index (χ2v) is 4.76. The van der Waals surface area contributed by atoms with Crippen LogP contribution in [-0.4, -0.2) is 26.1 Å². The van der Waals surface area contributed by atoms with Crippen molar-refractivity contribution in [2.75, 3.05) is 25.5 Å². The van der Waals surface area contributed by atoms with E-state index < -0.39 is 0 Å². The average molecular weight is 248 g/mol. The Morgan fingerprint density at radius 3 is 3.00 bits per heavy atom. The molecule has 2 rings (SSSR count). The van der Waals surface area contributed by atoms with Gasteiger partial charge in [-0.2, -0.15) is 0 Å². The Bertz CT molecular complexity index is 403. The number of benzene rings is 1. The van der Waals surface area contributed by atoms with Crippen LogP contribution in [0.2, 0.25) is 0 Å². The minimum absolute atomic E-state index is 0.00483. The molecule has 0 radical (unpaired) electrons. The van der Waals surface area contributed by atoms with Gasteiger partial charge >= 0.3 is 0 Å². The first kappa shape index (κ1) is 13.1. The molecule has 0 unspecified atom stereocenters. The minimum atomic E-state index is 0.00483. The van der Waals surface area contributed by atoms with Crippen LogP contribution in [0.4, 0.5) is 5.69 Å². The third-order valence-electron chi connectivity index (χ3n) is 2.94. The number of ether oxygens (including phenoxy) is 1. The highest BCUT2D eigenvalue weighted by atomic mass is 16.5. The van der Waals surface area contributed by atoms with E-state index in [2.05, 4.69) is 10.6 Å². The van der Waals surface area contributed by atoms with Crippen molar-refractivity contribution in [3.8, 4) is 0 Å². The molecule has 2 N–H and O–H groups in total. The number of hydrogen-bond donors (Lipinski definition) is 2. The molecule has 4 nitrogen and oxygen atoms in total. The lowest BCUT2D eigenvalue weighted by molar-refractivity contribution is -0.115. The van der Waals surface area contributed by atoms with Gasteiger partial charge in [-0.3, -0.25) is 4.79 Å². The van der Waals surface area contributed by atoms with Crippen LogP contribution in [0.5, 0.6) is 0 Å². The van der Waals surface area contributed by atoms with E-state index in [0.29, 0.717) is 13.2 Å². The van der Waals surface area contributed by atoms with Gasteiger partial charge in [-0.25, -0.2) is 0 Å². The van der Waals surface area contributed by atoms with Crippen molar-refractivity contribution in [3.05, 3.63) is 29.8 Å². The highest BCUT2D eigenvalue weighted by molar-refractivity contribution is 5.92. The van der Waals surface area contributed by atoms with E-state index in [1.807, 2.05) is 24.3 Å². The zero-order valence-electron chi connectivity index (χ0n) is 10.7. The Morgan fingerprint density at radius 1 is 1.44 bits per heavy atom. The Balaban J connectivity index is 1.76. The maximum Gasteiger partial charge on any atom is 0.238 e. The fourth-order valence-corrected chi connectivity index (χ4v) is 1.82. The van der Waals surface area contributed by atoms with Crippen LogP contribution >= 0.6 is 0 Å². The predicted octanol–water partition coefficient (Wildman–Crippen LogP) is 1.77. The van der Waals surface area contributed by atoms with Gasteiger partial charge < -0.3 is 15.4 Å². The van der Waals surface area contributed by atoms with Crippen molar-refractivity contribution in [1.29, 1.82) is 0 Å². The van der Waals surface area contributed by atoms with Crippen molar-refractivity contribution >= 4 is 11.6 Å².